The molecule has 0 bridgehead atoms. The Morgan fingerprint density at radius 2 is 1.44 bits per heavy atom. The van der Waals surface area contributed by atoms with Gasteiger partial charge in [-0.05, 0) is 33.1 Å². The Morgan fingerprint density at radius 3 is 1.87 bits per heavy atom. The summed E-state index contributed by atoms with van der Waals surface area (Å²) in [4.78, 5) is 51.3. The molecule has 1 aliphatic heterocycles. The molecule has 2 unspecified atom stereocenters. The number of rotatable bonds is 24. The molecule has 22 nitrogen and oxygen atoms in total. The Bertz CT molecular complexity index is 1950. The number of ether oxygens (including phenoxy) is 4. The van der Waals surface area contributed by atoms with E-state index in [9.17, 15) is 50.8 Å². The van der Waals surface area contributed by atoms with Crippen LogP contribution >= 0.6 is 0 Å². The largest absolute Gasteiger partial charge is 0.748 e. The summed E-state index contributed by atoms with van der Waals surface area (Å²) in [6, 6.07) is 0. The number of nitrogens with zero attached hydrogens (tertiary/aromatic N) is 4. The zero-order valence-corrected chi connectivity index (χ0v) is 36.6. The number of hydrogen-bond donors (Lipinski definition) is 4. The average Bonchev–Trinajstić information content (AvgIpc) is 4.02. The van der Waals surface area contributed by atoms with Gasteiger partial charge in [-0.2, -0.15) is 8.42 Å². The van der Waals surface area contributed by atoms with E-state index in [2.05, 4.69) is 31.6 Å². The molecular weight excluding hydrogens is 861 g/mol. The molecule has 1 fully saturated rings. The smallest absolute Gasteiger partial charge is 0.508 e. The van der Waals surface area contributed by atoms with Crippen molar-refractivity contribution in [2.24, 2.45) is 10.8 Å². The van der Waals surface area contributed by atoms with Crippen LogP contribution in [-0.4, -0.2) is 141 Å². The monoisotopic (exact) mass is 918 g/mol. The van der Waals surface area contributed by atoms with Crippen molar-refractivity contribution in [2.45, 2.75) is 72.0 Å². The number of terminal acetylenes is 2. The van der Waals surface area contributed by atoms with Gasteiger partial charge in [0.25, 0.3) is 10.1 Å². The minimum atomic E-state index is -4.21. The van der Waals surface area contributed by atoms with E-state index < -0.39 is 74.2 Å². The van der Waals surface area contributed by atoms with Crippen LogP contribution in [0.4, 0.5) is 9.59 Å². The van der Waals surface area contributed by atoms with E-state index in [-0.39, 0.29) is 51.4 Å². The van der Waals surface area contributed by atoms with Crippen LogP contribution in [0, 0.1) is 35.5 Å². The van der Waals surface area contributed by atoms with Crippen LogP contribution in [0.5, 0.6) is 0 Å². The number of aliphatic hydroxyl groups excluding tert-OH is 2. The number of amides is 2. The van der Waals surface area contributed by atoms with Crippen LogP contribution in [-0.2, 0) is 72.6 Å². The molecule has 0 saturated carbocycles. The van der Waals surface area contributed by atoms with Gasteiger partial charge in [-0.3, -0.25) is 13.8 Å². The lowest BCUT2D eigenvalue weighted by Gasteiger charge is -2.25. The first-order chi connectivity index (χ1) is 29.3. The van der Waals surface area contributed by atoms with Gasteiger partial charge < -0.3 is 48.9 Å². The Balaban J connectivity index is 0.000000545. The highest BCUT2D eigenvalue weighted by molar-refractivity contribution is 7.86. The number of carbonyl (C=O) groups excluding carboxylic acids is 4. The third kappa shape index (κ3) is 24.3. The van der Waals surface area contributed by atoms with Crippen molar-refractivity contribution < 1.29 is 78.5 Å². The molecule has 3 rings (SSSR count). The van der Waals surface area contributed by atoms with Gasteiger partial charge in [-0.15, -0.1) is 24.7 Å². The third-order valence-electron chi connectivity index (χ3n) is 8.42. The van der Waals surface area contributed by atoms with Crippen molar-refractivity contribution in [3.63, 3.8) is 0 Å². The summed E-state index contributed by atoms with van der Waals surface area (Å²) < 4.78 is 81.3. The first-order valence-corrected chi connectivity index (χ1v) is 22.5. The number of aliphatic hydroxyl groups is 2. The molecule has 4 N–H and O–H groups in total. The van der Waals surface area contributed by atoms with Crippen molar-refractivity contribution >= 4 is 44.4 Å². The third-order valence-corrected chi connectivity index (χ3v) is 10.5. The number of imidazole rings is 2. The summed E-state index contributed by atoms with van der Waals surface area (Å²) >= 11 is 0. The summed E-state index contributed by atoms with van der Waals surface area (Å²) in [5.74, 6) is 3.56. The number of carbonyl (C=O) groups is 4. The second kappa shape index (κ2) is 29.1. The normalized spacial score (nSPS) is 14.6. The molecule has 1 aliphatic rings. The fourth-order valence-electron chi connectivity index (χ4n) is 4.65. The maximum absolute atomic E-state index is 12.4. The highest BCUT2D eigenvalue weighted by Crippen LogP contribution is 2.18. The van der Waals surface area contributed by atoms with Gasteiger partial charge in [0.15, 0.2) is 0 Å². The Morgan fingerprint density at radius 1 is 0.887 bits per heavy atom. The molecule has 0 radical (unpaired) electrons. The summed E-state index contributed by atoms with van der Waals surface area (Å²) in [6.45, 7) is 4.26. The molecule has 348 valence electrons. The fourth-order valence-corrected chi connectivity index (χ4v) is 6.10. The molecule has 1 saturated heterocycles. The zero-order chi connectivity index (χ0) is 46.5. The van der Waals surface area contributed by atoms with Gasteiger partial charge in [0.2, 0.25) is 18.1 Å². The minimum Gasteiger partial charge on any atom is -0.748 e. The minimum absolute atomic E-state index is 0.00844. The highest BCUT2D eigenvalue weighted by Gasteiger charge is 2.35. The van der Waals surface area contributed by atoms with E-state index in [1.807, 2.05) is 15.3 Å². The molecule has 24 heteroatoms. The predicted octanol–water partition coefficient (Wildman–Crippen LogP) is -0.307. The summed E-state index contributed by atoms with van der Waals surface area (Å²) in [5, 5.41) is 24.4. The van der Waals surface area contributed by atoms with Crippen LogP contribution < -0.4 is 15.2 Å². The van der Waals surface area contributed by atoms with Gasteiger partial charge in [0.05, 0.1) is 55.1 Å². The predicted molar refractivity (Wildman–Crippen MR) is 218 cm³/mol. The first kappa shape index (κ1) is 54.8. The summed E-state index contributed by atoms with van der Waals surface area (Å²) in [7, 11) is -7.26. The lowest BCUT2D eigenvalue weighted by molar-refractivity contribution is -0.696. The lowest BCUT2D eigenvalue weighted by atomic mass is 9.92. The van der Waals surface area contributed by atoms with Crippen LogP contribution in [0.2, 0.25) is 0 Å². The maximum atomic E-state index is 12.4. The van der Waals surface area contributed by atoms with Crippen molar-refractivity contribution in [3.05, 3.63) is 37.4 Å². The van der Waals surface area contributed by atoms with Gasteiger partial charge in [-0.25, -0.2) is 32.1 Å². The molecule has 3 heterocycles. The van der Waals surface area contributed by atoms with E-state index in [1.54, 1.807) is 35.8 Å². The molecule has 2 aromatic rings. The molecule has 0 aliphatic carbocycles. The van der Waals surface area contributed by atoms with Crippen molar-refractivity contribution in [1.82, 2.24) is 24.8 Å². The molecule has 2 aromatic heterocycles. The number of aryl methyl sites for hydroxylation is 3. The van der Waals surface area contributed by atoms with Crippen molar-refractivity contribution in [2.75, 3.05) is 70.8 Å². The van der Waals surface area contributed by atoms with E-state index in [4.69, 9.17) is 31.8 Å². The summed E-state index contributed by atoms with van der Waals surface area (Å²) in [5.41, 5.74) is -2.55. The SMILES string of the molecule is C#CCCOC(=O)OCC(C)(CO)C(=O)NCCC[n+]1ccn(CCCS(=O)(=O)[O-])c1.C#CCCOC(=O)OCC(C)(CO)C(=O)NCCCn1ccnc1.O=S1(=O)CCCO1. The van der Waals surface area contributed by atoms with Crippen molar-refractivity contribution in [3.8, 4) is 24.7 Å². The number of nitrogens with one attached hydrogen (secondary N) is 2. The average molecular weight is 919 g/mol. The highest BCUT2D eigenvalue weighted by atomic mass is 32.2. The van der Waals surface area contributed by atoms with Crippen LogP contribution in [0.25, 0.3) is 0 Å². The number of aromatic nitrogens is 4. The maximum Gasteiger partial charge on any atom is 0.508 e. The van der Waals surface area contributed by atoms with E-state index in [0.717, 1.165) is 0 Å². The van der Waals surface area contributed by atoms with E-state index >= 15 is 0 Å². The molecule has 0 aromatic carbocycles. The molecule has 62 heavy (non-hydrogen) atoms. The second-order valence-corrected chi connectivity index (χ2v) is 17.4. The Kier molecular flexibility index (Phi) is 25.7. The lowest BCUT2D eigenvalue weighted by Crippen LogP contribution is -2.46. The molecule has 2 amide bonds. The van der Waals surface area contributed by atoms with Crippen molar-refractivity contribution in [1.29, 1.82) is 0 Å². The second-order valence-electron chi connectivity index (χ2n) is 14.1. The van der Waals surface area contributed by atoms with Gasteiger partial charge in [-0.1, -0.05) is 0 Å². The topological polar surface area (TPSA) is 297 Å². The van der Waals surface area contributed by atoms with E-state index in [0.29, 0.717) is 58.6 Å². The Hall–Kier alpha value is -5.24. The molecule has 2 atom stereocenters. The van der Waals surface area contributed by atoms with Gasteiger partial charge in [0.1, 0.15) is 49.7 Å². The molecular formula is C38H58N6O16S2. The fraction of sp³-hybridized carbons (Fsp3) is 0.632. The van der Waals surface area contributed by atoms with E-state index in [1.165, 1.54) is 13.8 Å². The first-order valence-electron chi connectivity index (χ1n) is 19.4. The van der Waals surface area contributed by atoms with Gasteiger partial charge >= 0.3 is 12.3 Å². The molecule has 0 spiro atoms. The van der Waals surface area contributed by atoms with Gasteiger partial charge in [0, 0.05) is 57.0 Å². The zero-order valence-electron chi connectivity index (χ0n) is 35.0. The standard InChI is InChI=1S/C19H29N3O8S.C16H23N3O5.C3H6O3S/c1-3-4-12-29-18(25)30-15-19(2,14-23)17(24)20-7-5-8-21-10-11-22(16-21)9-6-13-31(26,27)28;1-3-4-10-23-15(22)24-12-16(2,11-20)14(21)18-6-5-8-19-9-7-17-13-19;4-7(5)3-1-2-6-7/h1,10-11,16,23H,4-9,12-15H2,2H3,(H-,20,24,26,27,28);1,7,9,13,20H,4-6,8,10-12H2,2H3,(H,18,21);1-3H2. The Labute approximate surface area is 362 Å². The quantitative estimate of drug-likeness (QED) is 0.0262. The van der Waals surface area contributed by atoms with Crippen LogP contribution in [0.1, 0.15) is 52.4 Å². The van der Waals surface area contributed by atoms with Crippen LogP contribution in [0.3, 0.4) is 0 Å². The summed E-state index contributed by atoms with van der Waals surface area (Å²) in [6.07, 6.45) is 21.5. The number of hydrogen-bond acceptors (Lipinski definition) is 17. The van der Waals surface area contributed by atoms with Crippen LogP contribution in [0.15, 0.2) is 37.4 Å².